The molecule has 0 aromatic heterocycles. The summed E-state index contributed by atoms with van der Waals surface area (Å²) in [5, 5.41) is 0. The van der Waals surface area contributed by atoms with E-state index in [2.05, 4.69) is 18.7 Å². The number of hydrogen-bond donors (Lipinski definition) is 0. The minimum Gasteiger partial charge on any atom is -0.463 e. The van der Waals surface area contributed by atoms with Crippen LogP contribution < -0.4 is 0 Å². The van der Waals surface area contributed by atoms with Crippen LogP contribution in [-0.2, 0) is 9.53 Å². The standard InChI is InChI=1S/C13H23NO2/c1-4-16-12(15)7-5-9-14-10-6-8-13(2,3)11-14/h5,7H,4,6,8-11H2,1-3H3/b7-5+. The van der Waals surface area contributed by atoms with Crippen LogP contribution in [0.25, 0.3) is 0 Å². The van der Waals surface area contributed by atoms with Crippen LogP contribution in [0.4, 0.5) is 0 Å². The van der Waals surface area contributed by atoms with E-state index in [1.807, 2.05) is 13.0 Å². The quantitative estimate of drug-likeness (QED) is 0.543. The van der Waals surface area contributed by atoms with E-state index in [4.69, 9.17) is 4.74 Å². The number of ether oxygens (including phenoxy) is 1. The number of rotatable bonds is 4. The molecule has 16 heavy (non-hydrogen) atoms. The van der Waals surface area contributed by atoms with Gasteiger partial charge in [-0.25, -0.2) is 4.79 Å². The normalized spacial score (nSPS) is 21.2. The molecule has 0 N–H and O–H groups in total. The van der Waals surface area contributed by atoms with Gasteiger partial charge in [0.15, 0.2) is 0 Å². The molecule has 3 heteroatoms. The smallest absolute Gasteiger partial charge is 0.330 e. The molecule has 1 aliphatic heterocycles. The molecule has 0 atom stereocenters. The molecule has 0 amide bonds. The number of nitrogens with zero attached hydrogens (tertiary/aromatic N) is 1. The fourth-order valence-electron chi connectivity index (χ4n) is 2.19. The average Bonchev–Trinajstić information content (AvgIpc) is 2.16. The molecule has 0 spiro atoms. The van der Waals surface area contributed by atoms with E-state index in [0.717, 1.165) is 19.6 Å². The fraction of sp³-hybridized carbons (Fsp3) is 0.769. The van der Waals surface area contributed by atoms with Gasteiger partial charge in [-0.2, -0.15) is 0 Å². The van der Waals surface area contributed by atoms with E-state index < -0.39 is 0 Å². The maximum atomic E-state index is 11.1. The van der Waals surface area contributed by atoms with Gasteiger partial charge in [0, 0.05) is 19.2 Å². The molecule has 1 heterocycles. The number of esters is 1. The Labute approximate surface area is 98.5 Å². The van der Waals surface area contributed by atoms with Crippen molar-refractivity contribution in [3.63, 3.8) is 0 Å². The third kappa shape index (κ3) is 4.79. The van der Waals surface area contributed by atoms with E-state index >= 15 is 0 Å². The van der Waals surface area contributed by atoms with Crippen LogP contribution in [0, 0.1) is 5.41 Å². The van der Waals surface area contributed by atoms with Crippen LogP contribution in [0.1, 0.15) is 33.6 Å². The van der Waals surface area contributed by atoms with Crippen molar-refractivity contribution in [1.82, 2.24) is 4.90 Å². The van der Waals surface area contributed by atoms with E-state index in [9.17, 15) is 4.79 Å². The molecule has 92 valence electrons. The summed E-state index contributed by atoms with van der Waals surface area (Å²) in [7, 11) is 0. The lowest BCUT2D eigenvalue weighted by atomic mass is 9.84. The summed E-state index contributed by atoms with van der Waals surface area (Å²) < 4.78 is 4.83. The van der Waals surface area contributed by atoms with Gasteiger partial charge in [-0.3, -0.25) is 4.90 Å². The molecular formula is C13H23NO2. The predicted octanol–water partition coefficient (Wildman–Crippen LogP) is 2.23. The highest BCUT2D eigenvalue weighted by atomic mass is 16.5. The number of carbonyl (C=O) groups is 1. The van der Waals surface area contributed by atoms with Gasteiger partial charge in [0.25, 0.3) is 0 Å². The van der Waals surface area contributed by atoms with Crippen molar-refractivity contribution < 1.29 is 9.53 Å². The van der Waals surface area contributed by atoms with Gasteiger partial charge in [-0.1, -0.05) is 19.9 Å². The van der Waals surface area contributed by atoms with Crippen LogP contribution in [0.3, 0.4) is 0 Å². The third-order valence-corrected chi connectivity index (χ3v) is 2.88. The summed E-state index contributed by atoms with van der Waals surface area (Å²) in [4.78, 5) is 13.5. The van der Waals surface area contributed by atoms with Crippen LogP contribution in [-0.4, -0.2) is 37.1 Å². The Balaban J connectivity index is 2.29. The van der Waals surface area contributed by atoms with Crippen molar-refractivity contribution in [2.24, 2.45) is 5.41 Å². The maximum Gasteiger partial charge on any atom is 0.330 e. The Bertz CT molecular complexity index is 259. The second-order valence-electron chi connectivity index (χ2n) is 5.16. The van der Waals surface area contributed by atoms with E-state index in [0.29, 0.717) is 12.0 Å². The monoisotopic (exact) mass is 225 g/mol. The summed E-state index contributed by atoms with van der Waals surface area (Å²) in [6, 6.07) is 0. The van der Waals surface area contributed by atoms with Crippen molar-refractivity contribution in [2.75, 3.05) is 26.2 Å². The van der Waals surface area contributed by atoms with Gasteiger partial charge in [0.1, 0.15) is 0 Å². The summed E-state index contributed by atoms with van der Waals surface area (Å²) in [5.74, 6) is -0.237. The molecule has 3 nitrogen and oxygen atoms in total. The zero-order valence-electron chi connectivity index (χ0n) is 10.7. The topological polar surface area (TPSA) is 29.5 Å². The first-order chi connectivity index (χ1) is 7.53. The molecule has 1 rings (SSSR count). The summed E-state index contributed by atoms with van der Waals surface area (Å²) >= 11 is 0. The van der Waals surface area contributed by atoms with Crippen molar-refractivity contribution in [1.29, 1.82) is 0 Å². The zero-order chi connectivity index (χ0) is 12.0. The second kappa shape index (κ2) is 6.04. The lowest BCUT2D eigenvalue weighted by Crippen LogP contribution is -2.40. The highest BCUT2D eigenvalue weighted by Crippen LogP contribution is 2.27. The van der Waals surface area contributed by atoms with Crippen molar-refractivity contribution in [2.45, 2.75) is 33.6 Å². The maximum absolute atomic E-state index is 11.1. The number of likely N-dealkylation sites (tertiary alicyclic amines) is 1. The van der Waals surface area contributed by atoms with Gasteiger partial charge >= 0.3 is 5.97 Å². The summed E-state index contributed by atoms with van der Waals surface area (Å²) in [6.07, 6.45) is 5.98. The Kier molecular flexibility index (Phi) is 5.00. The SMILES string of the molecule is CCOC(=O)/C=C/CN1CCCC(C)(C)C1. The molecule has 0 radical (unpaired) electrons. The first-order valence-corrected chi connectivity index (χ1v) is 6.09. The molecular weight excluding hydrogens is 202 g/mol. The highest BCUT2D eigenvalue weighted by molar-refractivity contribution is 5.81. The van der Waals surface area contributed by atoms with Crippen molar-refractivity contribution in [3.8, 4) is 0 Å². The second-order valence-corrected chi connectivity index (χ2v) is 5.16. The molecule has 0 unspecified atom stereocenters. The molecule has 0 aliphatic carbocycles. The van der Waals surface area contributed by atoms with E-state index in [1.54, 1.807) is 0 Å². The molecule has 0 aromatic carbocycles. The van der Waals surface area contributed by atoms with Crippen LogP contribution in [0.2, 0.25) is 0 Å². The first-order valence-electron chi connectivity index (χ1n) is 6.09. The largest absolute Gasteiger partial charge is 0.463 e. The number of hydrogen-bond acceptors (Lipinski definition) is 3. The van der Waals surface area contributed by atoms with Gasteiger partial charge in [-0.05, 0) is 31.7 Å². The molecule has 1 saturated heterocycles. The van der Waals surface area contributed by atoms with E-state index in [-0.39, 0.29) is 5.97 Å². The van der Waals surface area contributed by atoms with E-state index in [1.165, 1.54) is 18.9 Å². The Morgan fingerprint density at radius 1 is 1.50 bits per heavy atom. The van der Waals surface area contributed by atoms with Gasteiger partial charge < -0.3 is 4.74 Å². The van der Waals surface area contributed by atoms with Crippen LogP contribution >= 0.6 is 0 Å². The number of piperidine rings is 1. The Morgan fingerprint density at radius 2 is 2.25 bits per heavy atom. The van der Waals surface area contributed by atoms with Gasteiger partial charge in [0.2, 0.25) is 0 Å². The summed E-state index contributed by atoms with van der Waals surface area (Å²) in [5.41, 5.74) is 0.413. The molecule has 0 aromatic rings. The highest BCUT2D eigenvalue weighted by Gasteiger charge is 2.25. The first kappa shape index (κ1) is 13.2. The predicted molar refractivity (Wildman–Crippen MR) is 65.2 cm³/mol. The fourth-order valence-corrected chi connectivity index (χ4v) is 2.19. The third-order valence-electron chi connectivity index (χ3n) is 2.88. The van der Waals surface area contributed by atoms with Crippen molar-refractivity contribution in [3.05, 3.63) is 12.2 Å². The van der Waals surface area contributed by atoms with Crippen LogP contribution in [0.5, 0.6) is 0 Å². The minimum atomic E-state index is -0.237. The van der Waals surface area contributed by atoms with Crippen molar-refractivity contribution >= 4 is 5.97 Å². The average molecular weight is 225 g/mol. The van der Waals surface area contributed by atoms with Gasteiger partial charge in [-0.15, -0.1) is 0 Å². The lowest BCUT2D eigenvalue weighted by molar-refractivity contribution is -0.137. The molecule has 0 saturated carbocycles. The summed E-state index contributed by atoms with van der Waals surface area (Å²) in [6.45, 7) is 9.96. The Hall–Kier alpha value is -0.830. The minimum absolute atomic E-state index is 0.237. The molecule has 1 aliphatic rings. The molecule has 1 fully saturated rings. The number of carbonyl (C=O) groups excluding carboxylic acids is 1. The Morgan fingerprint density at radius 3 is 2.88 bits per heavy atom. The molecule has 0 bridgehead atoms. The lowest BCUT2D eigenvalue weighted by Gasteiger charge is -2.37. The van der Waals surface area contributed by atoms with Gasteiger partial charge in [0.05, 0.1) is 6.61 Å². The zero-order valence-corrected chi connectivity index (χ0v) is 10.7. The van der Waals surface area contributed by atoms with Crippen LogP contribution in [0.15, 0.2) is 12.2 Å².